The third-order valence-corrected chi connectivity index (χ3v) is 4.87. The second-order valence-electron chi connectivity index (χ2n) is 4.37. The molecule has 0 aliphatic carbocycles. The van der Waals surface area contributed by atoms with E-state index in [1.807, 2.05) is 0 Å². The number of aromatic nitrogens is 2. The van der Waals surface area contributed by atoms with Crippen LogP contribution in [0.5, 0.6) is 0 Å². The summed E-state index contributed by atoms with van der Waals surface area (Å²) in [5.41, 5.74) is -0.225. The largest absolute Gasteiger partial charge is 0.478 e. The first-order valence-corrected chi connectivity index (χ1v) is 7.28. The van der Waals surface area contributed by atoms with Gasteiger partial charge < -0.3 is 10.1 Å². The fraction of sp³-hybridized carbons (Fsp3) is 0.0833. The highest BCUT2D eigenvalue weighted by Crippen LogP contribution is 2.31. The van der Waals surface area contributed by atoms with E-state index in [2.05, 4.69) is 9.97 Å². The predicted molar refractivity (Wildman–Crippen MR) is 69.0 cm³/mol. The van der Waals surface area contributed by atoms with Crippen LogP contribution >= 0.6 is 0 Å². The molecule has 1 aliphatic heterocycles. The van der Waals surface area contributed by atoms with E-state index in [0.717, 1.165) is 6.07 Å². The Kier molecular flexibility index (Phi) is 2.80. The van der Waals surface area contributed by atoms with E-state index in [0.29, 0.717) is 10.1 Å². The number of aromatic amines is 1. The topological polar surface area (TPSA) is 120 Å². The molecule has 2 heterocycles. The van der Waals surface area contributed by atoms with Crippen LogP contribution in [0.2, 0.25) is 0 Å². The third kappa shape index (κ3) is 1.98. The lowest BCUT2D eigenvalue weighted by molar-refractivity contribution is 0.0695. The van der Waals surface area contributed by atoms with E-state index in [-0.39, 0.29) is 22.6 Å². The predicted octanol–water partition coefficient (Wildman–Crippen LogP) is 0.453. The van der Waals surface area contributed by atoms with E-state index in [9.17, 15) is 18.0 Å². The van der Waals surface area contributed by atoms with Crippen molar-refractivity contribution in [1.82, 2.24) is 14.3 Å². The number of carbonyl (C=O) groups is 2. The molecule has 0 spiro atoms. The number of rotatable bonds is 3. The highest BCUT2D eigenvalue weighted by Gasteiger charge is 2.41. The van der Waals surface area contributed by atoms with Gasteiger partial charge in [-0.05, 0) is 18.2 Å². The molecule has 1 aliphatic rings. The smallest absolute Gasteiger partial charge is 0.335 e. The Morgan fingerprint density at radius 2 is 2.14 bits per heavy atom. The Labute approximate surface area is 119 Å². The van der Waals surface area contributed by atoms with Crippen molar-refractivity contribution in [3.8, 4) is 0 Å². The molecule has 1 amide bonds. The molecule has 0 saturated heterocycles. The lowest BCUT2D eigenvalue weighted by Crippen LogP contribution is -2.29. The number of carboxylic acids is 1. The zero-order valence-electron chi connectivity index (χ0n) is 10.5. The number of amides is 1. The van der Waals surface area contributed by atoms with Crippen LogP contribution in [0.1, 0.15) is 26.5 Å². The van der Waals surface area contributed by atoms with E-state index in [4.69, 9.17) is 5.11 Å². The molecule has 2 N–H and O–H groups in total. The van der Waals surface area contributed by atoms with Gasteiger partial charge in [-0.1, -0.05) is 0 Å². The first-order chi connectivity index (χ1) is 9.91. The lowest BCUT2D eigenvalue weighted by atomic mass is 10.1. The Hall–Kier alpha value is -2.68. The van der Waals surface area contributed by atoms with Gasteiger partial charge >= 0.3 is 5.97 Å². The normalized spacial score (nSPS) is 16.0. The molecule has 0 saturated carbocycles. The van der Waals surface area contributed by atoms with Gasteiger partial charge in [-0.15, -0.1) is 0 Å². The van der Waals surface area contributed by atoms with Crippen molar-refractivity contribution >= 4 is 21.9 Å². The van der Waals surface area contributed by atoms with Crippen LogP contribution in [0.25, 0.3) is 0 Å². The molecular formula is C12H9N3O5S. The summed E-state index contributed by atoms with van der Waals surface area (Å²) in [5.74, 6) is -1.64. The van der Waals surface area contributed by atoms with Crippen molar-refractivity contribution in [3.05, 3.63) is 47.5 Å². The average molecular weight is 307 g/mol. The summed E-state index contributed by atoms with van der Waals surface area (Å²) in [6.07, 6.45) is 2.95. The van der Waals surface area contributed by atoms with Crippen molar-refractivity contribution in [2.24, 2.45) is 0 Å². The average Bonchev–Trinajstić information content (AvgIpc) is 3.01. The SMILES string of the molecule is O=C(O)c1ccc2c(c1)S(=O)(=O)N(Cc1ncc[nH]1)C2=O. The molecule has 3 rings (SSSR count). The van der Waals surface area contributed by atoms with Gasteiger partial charge in [0.05, 0.1) is 17.7 Å². The van der Waals surface area contributed by atoms with Crippen LogP contribution in [0.15, 0.2) is 35.5 Å². The molecule has 1 aromatic heterocycles. The molecule has 0 atom stereocenters. The number of sulfonamides is 1. The van der Waals surface area contributed by atoms with Gasteiger partial charge in [0.25, 0.3) is 15.9 Å². The maximum absolute atomic E-state index is 12.4. The highest BCUT2D eigenvalue weighted by molar-refractivity contribution is 7.90. The first kappa shape index (κ1) is 13.3. The summed E-state index contributed by atoms with van der Waals surface area (Å²) in [5, 5.41) is 8.92. The number of nitrogens with one attached hydrogen (secondary N) is 1. The molecule has 9 heteroatoms. The standard InChI is InChI=1S/C12H9N3O5S/c16-11-8-2-1-7(12(17)18)5-9(8)21(19,20)15(11)6-10-13-3-4-14-10/h1-5H,6H2,(H,13,14)(H,17,18). The van der Waals surface area contributed by atoms with Gasteiger partial charge in [0.1, 0.15) is 10.7 Å². The summed E-state index contributed by atoms with van der Waals surface area (Å²) >= 11 is 0. The molecule has 0 unspecified atom stereocenters. The monoisotopic (exact) mass is 307 g/mol. The minimum absolute atomic E-state index is 0.0356. The lowest BCUT2D eigenvalue weighted by Gasteiger charge is -2.13. The molecule has 2 aromatic rings. The Morgan fingerprint density at radius 3 is 2.76 bits per heavy atom. The van der Waals surface area contributed by atoms with E-state index in [1.165, 1.54) is 24.5 Å². The molecule has 1 aromatic carbocycles. The summed E-state index contributed by atoms with van der Waals surface area (Å²) < 4.78 is 25.4. The second kappa shape index (κ2) is 4.42. The minimum Gasteiger partial charge on any atom is -0.478 e. The molecule has 0 radical (unpaired) electrons. The van der Waals surface area contributed by atoms with Gasteiger partial charge in [-0.25, -0.2) is 22.5 Å². The number of imidazole rings is 1. The van der Waals surface area contributed by atoms with E-state index in [1.54, 1.807) is 0 Å². The zero-order chi connectivity index (χ0) is 15.2. The Morgan fingerprint density at radius 1 is 1.38 bits per heavy atom. The van der Waals surface area contributed by atoms with Gasteiger partial charge in [-0.3, -0.25) is 4.79 Å². The number of nitrogens with zero attached hydrogens (tertiary/aromatic N) is 2. The Bertz CT molecular complexity index is 842. The number of carboxylic acid groups (broad SMARTS) is 1. The molecule has 0 fully saturated rings. The van der Waals surface area contributed by atoms with Crippen LogP contribution in [-0.4, -0.2) is 39.7 Å². The van der Waals surface area contributed by atoms with Crippen molar-refractivity contribution in [2.45, 2.75) is 11.4 Å². The second-order valence-corrected chi connectivity index (χ2v) is 6.20. The number of fused-ring (bicyclic) bond motifs is 1. The molecule has 108 valence electrons. The first-order valence-electron chi connectivity index (χ1n) is 5.84. The van der Waals surface area contributed by atoms with Crippen molar-refractivity contribution in [1.29, 1.82) is 0 Å². The minimum atomic E-state index is -4.07. The molecule has 0 bridgehead atoms. The third-order valence-electron chi connectivity index (χ3n) is 3.10. The van der Waals surface area contributed by atoms with E-state index >= 15 is 0 Å². The number of carbonyl (C=O) groups excluding carboxylic acids is 1. The van der Waals surface area contributed by atoms with Crippen molar-refractivity contribution in [3.63, 3.8) is 0 Å². The van der Waals surface area contributed by atoms with Gasteiger partial charge in [0, 0.05) is 12.4 Å². The molecular weight excluding hydrogens is 298 g/mol. The number of benzene rings is 1. The highest BCUT2D eigenvalue weighted by atomic mass is 32.2. The number of aromatic carboxylic acids is 1. The van der Waals surface area contributed by atoms with Gasteiger partial charge in [0.2, 0.25) is 0 Å². The number of hydrogen-bond donors (Lipinski definition) is 2. The van der Waals surface area contributed by atoms with Crippen LogP contribution < -0.4 is 0 Å². The van der Waals surface area contributed by atoms with Gasteiger partial charge in [-0.2, -0.15) is 0 Å². The summed E-state index contributed by atoms with van der Waals surface area (Å²) in [4.78, 5) is 29.4. The van der Waals surface area contributed by atoms with Crippen LogP contribution in [-0.2, 0) is 16.6 Å². The zero-order valence-corrected chi connectivity index (χ0v) is 11.3. The van der Waals surface area contributed by atoms with Gasteiger partial charge in [0.15, 0.2) is 0 Å². The Balaban J connectivity index is 2.08. The van der Waals surface area contributed by atoms with Crippen molar-refractivity contribution < 1.29 is 23.1 Å². The summed E-state index contributed by atoms with van der Waals surface area (Å²) in [7, 11) is -4.07. The van der Waals surface area contributed by atoms with Crippen LogP contribution in [0.4, 0.5) is 0 Å². The summed E-state index contributed by atoms with van der Waals surface area (Å²) in [6.45, 7) is -0.231. The van der Waals surface area contributed by atoms with E-state index < -0.39 is 21.9 Å². The quantitative estimate of drug-likeness (QED) is 0.849. The fourth-order valence-corrected chi connectivity index (χ4v) is 3.64. The van der Waals surface area contributed by atoms with Crippen LogP contribution in [0.3, 0.4) is 0 Å². The summed E-state index contributed by atoms with van der Waals surface area (Å²) in [6, 6.07) is 3.40. The number of H-pyrrole nitrogens is 1. The van der Waals surface area contributed by atoms with Crippen molar-refractivity contribution in [2.75, 3.05) is 0 Å². The fourth-order valence-electron chi connectivity index (χ4n) is 2.08. The molecule has 21 heavy (non-hydrogen) atoms. The van der Waals surface area contributed by atoms with Crippen LogP contribution in [0, 0.1) is 0 Å². The maximum atomic E-state index is 12.4. The number of hydrogen-bond acceptors (Lipinski definition) is 5. The molecule has 8 nitrogen and oxygen atoms in total. The maximum Gasteiger partial charge on any atom is 0.335 e.